The number of rotatable bonds is 14. The van der Waals surface area contributed by atoms with Crippen LogP contribution in [0.3, 0.4) is 0 Å². The Hall–Kier alpha value is -1.06. The summed E-state index contributed by atoms with van der Waals surface area (Å²) in [7, 11) is 1.93. The van der Waals surface area contributed by atoms with E-state index in [2.05, 4.69) is 20.9 Å². The first kappa shape index (κ1) is 18.0. The molecule has 0 spiro atoms. The third kappa shape index (κ3) is 8.74. The van der Waals surface area contributed by atoms with Gasteiger partial charge in [-0.05, 0) is 7.05 Å². The predicted octanol–water partition coefficient (Wildman–Crippen LogP) is -1.38. The number of ether oxygens (including phenoxy) is 2. The molecule has 0 aliphatic rings. The van der Waals surface area contributed by atoms with Gasteiger partial charge in [0, 0.05) is 32.6 Å². The fraction of sp³-hybridized carbons (Fsp3) is 0.846. The number of hydrogen-bond donors (Lipinski definition) is 3. The van der Waals surface area contributed by atoms with E-state index in [0.29, 0.717) is 33.0 Å². The maximum Gasteiger partial charge on any atom is 0.0725 e. The van der Waals surface area contributed by atoms with Crippen molar-refractivity contribution < 1.29 is 9.47 Å². The zero-order valence-corrected chi connectivity index (χ0v) is 12.9. The Morgan fingerprint density at radius 1 is 1.14 bits per heavy atom. The molecule has 1 aromatic rings. The quantitative estimate of drug-likeness (QED) is 0.364. The highest BCUT2D eigenvalue weighted by molar-refractivity contribution is 4.94. The van der Waals surface area contributed by atoms with Crippen molar-refractivity contribution in [2.45, 2.75) is 13.0 Å². The molecule has 8 heteroatoms. The minimum Gasteiger partial charge on any atom is -0.378 e. The van der Waals surface area contributed by atoms with Crippen LogP contribution in [-0.2, 0) is 22.4 Å². The normalized spacial score (nSPS) is 11.1. The molecule has 122 valence electrons. The second kappa shape index (κ2) is 12.7. The van der Waals surface area contributed by atoms with E-state index in [0.717, 1.165) is 38.3 Å². The lowest BCUT2D eigenvalue weighted by molar-refractivity contribution is 0.0447. The van der Waals surface area contributed by atoms with Crippen molar-refractivity contribution in [1.82, 2.24) is 25.6 Å². The smallest absolute Gasteiger partial charge is 0.0725 e. The fourth-order valence-electron chi connectivity index (χ4n) is 1.76. The molecule has 1 rings (SSSR count). The largest absolute Gasteiger partial charge is 0.378 e. The average Bonchev–Trinajstić information content (AvgIpc) is 2.94. The van der Waals surface area contributed by atoms with Gasteiger partial charge in [0.15, 0.2) is 0 Å². The molecule has 0 fully saturated rings. The molecule has 0 bridgehead atoms. The Morgan fingerprint density at radius 3 is 2.71 bits per heavy atom. The lowest BCUT2D eigenvalue weighted by Gasteiger charge is -2.08. The summed E-state index contributed by atoms with van der Waals surface area (Å²) in [6.45, 7) is 6.44. The van der Waals surface area contributed by atoms with E-state index in [1.165, 1.54) is 0 Å². The molecule has 0 amide bonds. The van der Waals surface area contributed by atoms with E-state index in [1.807, 2.05) is 11.7 Å². The molecule has 1 heterocycles. The number of nitrogens with two attached hydrogens (primary N) is 1. The zero-order valence-electron chi connectivity index (χ0n) is 12.9. The van der Waals surface area contributed by atoms with Crippen LogP contribution in [0.1, 0.15) is 5.69 Å². The third-order valence-corrected chi connectivity index (χ3v) is 2.89. The molecule has 4 N–H and O–H groups in total. The first-order valence-corrected chi connectivity index (χ1v) is 7.46. The number of nitrogens with one attached hydrogen (secondary N) is 2. The van der Waals surface area contributed by atoms with Crippen LogP contribution in [0, 0.1) is 0 Å². The van der Waals surface area contributed by atoms with Gasteiger partial charge in [0.1, 0.15) is 0 Å². The maximum atomic E-state index is 5.52. The van der Waals surface area contributed by atoms with Crippen LogP contribution in [0.5, 0.6) is 0 Å². The Kier molecular flexibility index (Phi) is 10.8. The molecule has 0 aliphatic carbocycles. The number of aromatic nitrogens is 3. The minimum absolute atomic E-state index is 0.595. The standard InChI is InChI=1S/C13H28N6O2/c1-15-4-2-13-12-17-18-19(13)7-9-21-11-10-20-8-6-16-5-3-14/h12,15-16H,2-11,14H2,1H3. The van der Waals surface area contributed by atoms with Crippen LogP contribution >= 0.6 is 0 Å². The molecule has 0 aliphatic heterocycles. The van der Waals surface area contributed by atoms with Gasteiger partial charge in [0.05, 0.1) is 44.9 Å². The second-order valence-electron chi connectivity index (χ2n) is 4.57. The third-order valence-electron chi connectivity index (χ3n) is 2.89. The molecule has 8 nitrogen and oxygen atoms in total. The Morgan fingerprint density at radius 2 is 1.95 bits per heavy atom. The first-order chi connectivity index (χ1) is 10.4. The number of likely N-dealkylation sites (N-methyl/N-ethyl adjacent to an activating group) is 1. The summed E-state index contributed by atoms with van der Waals surface area (Å²) < 4.78 is 12.8. The summed E-state index contributed by atoms with van der Waals surface area (Å²) >= 11 is 0. The van der Waals surface area contributed by atoms with Gasteiger partial charge >= 0.3 is 0 Å². The molecular formula is C13H28N6O2. The molecule has 0 aromatic carbocycles. The van der Waals surface area contributed by atoms with E-state index < -0.39 is 0 Å². The SMILES string of the molecule is CNCCc1cnnn1CCOCCOCCNCCN. The van der Waals surface area contributed by atoms with Gasteiger partial charge in [-0.3, -0.25) is 0 Å². The monoisotopic (exact) mass is 300 g/mol. The van der Waals surface area contributed by atoms with Gasteiger partial charge < -0.3 is 25.8 Å². The van der Waals surface area contributed by atoms with E-state index >= 15 is 0 Å². The van der Waals surface area contributed by atoms with E-state index in [1.54, 1.807) is 6.20 Å². The van der Waals surface area contributed by atoms with E-state index in [4.69, 9.17) is 15.2 Å². The summed E-state index contributed by atoms with van der Waals surface area (Å²) in [6.07, 6.45) is 2.72. The summed E-state index contributed by atoms with van der Waals surface area (Å²) in [5.74, 6) is 0. The zero-order chi connectivity index (χ0) is 15.2. The highest BCUT2D eigenvalue weighted by Gasteiger charge is 2.02. The topological polar surface area (TPSA) is 99.2 Å². The molecule has 21 heavy (non-hydrogen) atoms. The first-order valence-electron chi connectivity index (χ1n) is 7.46. The van der Waals surface area contributed by atoms with Crippen LogP contribution in [0.15, 0.2) is 6.20 Å². The van der Waals surface area contributed by atoms with E-state index in [9.17, 15) is 0 Å². The van der Waals surface area contributed by atoms with Crippen molar-refractivity contribution in [2.75, 3.05) is 59.7 Å². The predicted molar refractivity (Wildman–Crippen MR) is 81.2 cm³/mol. The van der Waals surface area contributed by atoms with Gasteiger partial charge in [-0.1, -0.05) is 5.21 Å². The van der Waals surface area contributed by atoms with Crippen molar-refractivity contribution in [1.29, 1.82) is 0 Å². The molecule has 1 aromatic heterocycles. The van der Waals surface area contributed by atoms with Crippen LogP contribution in [0.2, 0.25) is 0 Å². The number of nitrogens with zero attached hydrogens (tertiary/aromatic N) is 3. The van der Waals surface area contributed by atoms with Gasteiger partial charge in [0.25, 0.3) is 0 Å². The maximum absolute atomic E-state index is 5.52. The summed E-state index contributed by atoms with van der Waals surface area (Å²) in [6, 6.07) is 0. The summed E-state index contributed by atoms with van der Waals surface area (Å²) in [5, 5.41) is 14.3. The number of hydrogen-bond acceptors (Lipinski definition) is 7. The van der Waals surface area contributed by atoms with E-state index in [-0.39, 0.29) is 0 Å². The average molecular weight is 300 g/mol. The Bertz CT molecular complexity index is 347. The Balaban J connectivity index is 1.95. The van der Waals surface area contributed by atoms with Crippen molar-refractivity contribution in [3.05, 3.63) is 11.9 Å². The molecule has 0 saturated heterocycles. The fourth-order valence-corrected chi connectivity index (χ4v) is 1.76. The lowest BCUT2D eigenvalue weighted by Crippen LogP contribution is -2.26. The van der Waals surface area contributed by atoms with Crippen molar-refractivity contribution in [3.8, 4) is 0 Å². The van der Waals surface area contributed by atoms with Crippen LogP contribution in [-0.4, -0.2) is 74.6 Å². The van der Waals surface area contributed by atoms with Crippen molar-refractivity contribution in [2.24, 2.45) is 5.73 Å². The molecule has 0 unspecified atom stereocenters. The van der Waals surface area contributed by atoms with Crippen molar-refractivity contribution in [3.63, 3.8) is 0 Å². The highest BCUT2D eigenvalue weighted by Crippen LogP contribution is 1.97. The van der Waals surface area contributed by atoms with Gasteiger partial charge in [-0.15, -0.1) is 5.10 Å². The van der Waals surface area contributed by atoms with Gasteiger partial charge in [-0.25, -0.2) is 4.68 Å². The molecule has 0 saturated carbocycles. The van der Waals surface area contributed by atoms with Crippen LogP contribution in [0.4, 0.5) is 0 Å². The highest BCUT2D eigenvalue weighted by atomic mass is 16.5. The molecule has 0 radical (unpaired) electrons. The van der Waals surface area contributed by atoms with Gasteiger partial charge in [-0.2, -0.15) is 0 Å². The lowest BCUT2D eigenvalue weighted by atomic mass is 10.3. The summed E-state index contributed by atoms with van der Waals surface area (Å²) in [4.78, 5) is 0. The Labute approximate surface area is 126 Å². The van der Waals surface area contributed by atoms with Crippen LogP contribution < -0.4 is 16.4 Å². The van der Waals surface area contributed by atoms with Crippen LogP contribution in [0.25, 0.3) is 0 Å². The van der Waals surface area contributed by atoms with Gasteiger partial charge in [0.2, 0.25) is 0 Å². The van der Waals surface area contributed by atoms with Crippen molar-refractivity contribution >= 4 is 0 Å². The minimum atomic E-state index is 0.595. The molecular weight excluding hydrogens is 272 g/mol. The summed E-state index contributed by atoms with van der Waals surface area (Å²) in [5.41, 5.74) is 6.48. The second-order valence-corrected chi connectivity index (χ2v) is 4.57. The molecule has 0 atom stereocenters.